The molecule has 1 rings (SSSR count). The molecule has 23 heavy (non-hydrogen) atoms. The Kier molecular flexibility index (Phi) is 7.54. The number of hydrogen-bond acceptors (Lipinski definition) is 4. The van der Waals surface area contributed by atoms with E-state index in [2.05, 4.69) is 10.6 Å². The average molecular weight is 322 g/mol. The number of carbonyl (C=O) groups is 2. The number of carbonyl (C=O) groups excluding carboxylic acids is 2. The van der Waals surface area contributed by atoms with E-state index in [0.717, 1.165) is 11.1 Å². The van der Waals surface area contributed by atoms with Crippen molar-refractivity contribution in [3.8, 4) is 0 Å². The lowest BCUT2D eigenvalue weighted by molar-refractivity contribution is -0.121. The third-order valence-corrected chi connectivity index (χ3v) is 2.84. The van der Waals surface area contributed by atoms with Crippen molar-refractivity contribution in [2.24, 2.45) is 0 Å². The van der Waals surface area contributed by atoms with Gasteiger partial charge in [0.05, 0.1) is 6.61 Å². The van der Waals surface area contributed by atoms with Crippen LogP contribution in [0, 0.1) is 0 Å². The second kappa shape index (κ2) is 9.15. The Morgan fingerprint density at radius 3 is 2.22 bits per heavy atom. The van der Waals surface area contributed by atoms with Crippen LogP contribution in [0.2, 0.25) is 0 Å². The molecule has 0 heterocycles. The lowest BCUT2D eigenvalue weighted by Crippen LogP contribution is -2.35. The van der Waals surface area contributed by atoms with Crippen molar-refractivity contribution in [3.63, 3.8) is 0 Å². The first-order valence-corrected chi connectivity index (χ1v) is 7.60. The van der Waals surface area contributed by atoms with E-state index < -0.39 is 11.7 Å². The van der Waals surface area contributed by atoms with Gasteiger partial charge in [-0.2, -0.15) is 0 Å². The van der Waals surface area contributed by atoms with Gasteiger partial charge in [-0.05, 0) is 31.9 Å². The largest absolute Gasteiger partial charge is 0.444 e. The number of hydrogen-bond donors (Lipinski definition) is 2. The average Bonchev–Trinajstić information content (AvgIpc) is 2.45. The molecule has 6 heteroatoms. The van der Waals surface area contributed by atoms with Gasteiger partial charge in [0, 0.05) is 26.6 Å². The minimum Gasteiger partial charge on any atom is -0.444 e. The molecule has 128 valence electrons. The van der Waals surface area contributed by atoms with Crippen LogP contribution in [0.1, 0.15) is 38.3 Å². The fraction of sp³-hybridized carbons (Fsp3) is 0.529. The van der Waals surface area contributed by atoms with Gasteiger partial charge in [-0.1, -0.05) is 24.3 Å². The third kappa shape index (κ3) is 8.83. The van der Waals surface area contributed by atoms with E-state index in [1.165, 1.54) is 0 Å². The second-order valence-electron chi connectivity index (χ2n) is 6.20. The Hall–Kier alpha value is -2.08. The molecule has 1 aromatic rings. The molecule has 0 aliphatic carbocycles. The quantitative estimate of drug-likeness (QED) is 0.808. The summed E-state index contributed by atoms with van der Waals surface area (Å²) >= 11 is 0. The van der Waals surface area contributed by atoms with E-state index in [0.29, 0.717) is 13.2 Å². The van der Waals surface area contributed by atoms with Crippen molar-refractivity contribution < 1.29 is 19.1 Å². The van der Waals surface area contributed by atoms with Crippen LogP contribution in [0.3, 0.4) is 0 Å². The molecule has 0 saturated heterocycles. The highest BCUT2D eigenvalue weighted by molar-refractivity contribution is 5.77. The first kappa shape index (κ1) is 19.0. The third-order valence-electron chi connectivity index (χ3n) is 2.84. The van der Waals surface area contributed by atoms with Crippen molar-refractivity contribution in [2.75, 3.05) is 13.7 Å². The summed E-state index contributed by atoms with van der Waals surface area (Å²) in [6, 6.07) is 7.84. The van der Waals surface area contributed by atoms with E-state index in [1.807, 2.05) is 24.3 Å². The summed E-state index contributed by atoms with van der Waals surface area (Å²) in [6.07, 6.45) is -0.305. The number of ether oxygens (including phenoxy) is 2. The van der Waals surface area contributed by atoms with Gasteiger partial charge in [0.2, 0.25) is 5.91 Å². The standard InChI is InChI=1S/C17H26N2O4/c1-17(2,3)23-16(21)18-10-9-15(20)19-11-13-5-7-14(8-6-13)12-22-4/h5-8H,9-12H2,1-4H3,(H,18,21)(H,19,20). The first-order chi connectivity index (χ1) is 10.8. The Morgan fingerprint density at radius 1 is 1.04 bits per heavy atom. The number of alkyl carbamates (subject to hydrolysis) is 1. The summed E-state index contributed by atoms with van der Waals surface area (Å²) in [7, 11) is 1.65. The maximum Gasteiger partial charge on any atom is 0.407 e. The highest BCUT2D eigenvalue weighted by Crippen LogP contribution is 2.06. The molecule has 2 N–H and O–H groups in total. The van der Waals surface area contributed by atoms with E-state index >= 15 is 0 Å². The van der Waals surface area contributed by atoms with Gasteiger partial charge in [0.15, 0.2) is 0 Å². The summed E-state index contributed by atoms with van der Waals surface area (Å²) in [6.45, 7) is 6.64. The zero-order chi connectivity index (χ0) is 17.3. The maximum atomic E-state index is 11.7. The van der Waals surface area contributed by atoms with Crippen LogP contribution in [0.15, 0.2) is 24.3 Å². The van der Waals surface area contributed by atoms with Crippen molar-refractivity contribution in [2.45, 2.75) is 45.9 Å². The predicted molar refractivity (Wildman–Crippen MR) is 87.9 cm³/mol. The molecule has 0 aliphatic rings. The summed E-state index contributed by atoms with van der Waals surface area (Å²) in [5.74, 6) is -0.123. The SMILES string of the molecule is COCc1ccc(CNC(=O)CCNC(=O)OC(C)(C)C)cc1. The van der Waals surface area contributed by atoms with Gasteiger partial charge in [-0.25, -0.2) is 4.79 Å². The first-order valence-electron chi connectivity index (χ1n) is 7.60. The predicted octanol–water partition coefficient (Wildman–Crippen LogP) is 2.36. The van der Waals surface area contributed by atoms with Gasteiger partial charge in [-0.3, -0.25) is 4.79 Å². The van der Waals surface area contributed by atoms with Gasteiger partial charge < -0.3 is 20.1 Å². The topological polar surface area (TPSA) is 76.7 Å². The Balaban J connectivity index is 2.23. The van der Waals surface area contributed by atoms with Gasteiger partial charge in [0.25, 0.3) is 0 Å². The molecule has 0 atom stereocenters. The van der Waals surface area contributed by atoms with Crippen molar-refractivity contribution in [1.29, 1.82) is 0 Å². The highest BCUT2D eigenvalue weighted by atomic mass is 16.6. The molecule has 6 nitrogen and oxygen atoms in total. The monoisotopic (exact) mass is 322 g/mol. The minimum atomic E-state index is -0.540. The summed E-state index contributed by atoms with van der Waals surface area (Å²) in [4.78, 5) is 23.2. The van der Waals surface area contributed by atoms with E-state index in [1.54, 1.807) is 27.9 Å². The fourth-order valence-corrected chi connectivity index (χ4v) is 1.80. The molecule has 1 aromatic carbocycles. The van der Waals surface area contributed by atoms with Crippen LogP contribution >= 0.6 is 0 Å². The fourth-order valence-electron chi connectivity index (χ4n) is 1.80. The zero-order valence-corrected chi connectivity index (χ0v) is 14.3. The van der Waals surface area contributed by atoms with Gasteiger partial charge in [0.1, 0.15) is 5.60 Å². The number of benzene rings is 1. The molecule has 0 aromatic heterocycles. The van der Waals surface area contributed by atoms with Crippen molar-refractivity contribution in [1.82, 2.24) is 10.6 Å². The van der Waals surface area contributed by atoms with Crippen LogP contribution in [0.5, 0.6) is 0 Å². The number of rotatable bonds is 7. The molecule has 2 amide bonds. The molecule has 0 aliphatic heterocycles. The van der Waals surface area contributed by atoms with Crippen LogP contribution in [-0.4, -0.2) is 31.3 Å². The molecule has 0 radical (unpaired) electrons. The number of amides is 2. The van der Waals surface area contributed by atoms with E-state index in [4.69, 9.17) is 9.47 Å². The van der Waals surface area contributed by atoms with Crippen LogP contribution in [0.4, 0.5) is 4.79 Å². The Labute approximate surface area is 137 Å². The molecular formula is C17H26N2O4. The molecule has 0 fully saturated rings. The summed E-state index contributed by atoms with van der Waals surface area (Å²) in [5, 5.41) is 5.36. The number of methoxy groups -OCH3 is 1. The molecule has 0 unspecified atom stereocenters. The minimum absolute atomic E-state index is 0.123. The highest BCUT2D eigenvalue weighted by Gasteiger charge is 2.15. The van der Waals surface area contributed by atoms with E-state index in [9.17, 15) is 9.59 Å². The van der Waals surface area contributed by atoms with Gasteiger partial charge in [-0.15, -0.1) is 0 Å². The van der Waals surface area contributed by atoms with Crippen molar-refractivity contribution in [3.05, 3.63) is 35.4 Å². The summed E-state index contributed by atoms with van der Waals surface area (Å²) < 4.78 is 10.1. The Bertz CT molecular complexity index is 506. The zero-order valence-electron chi connectivity index (χ0n) is 14.3. The van der Waals surface area contributed by atoms with Crippen LogP contribution in [0.25, 0.3) is 0 Å². The lowest BCUT2D eigenvalue weighted by Gasteiger charge is -2.19. The second-order valence-corrected chi connectivity index (χ2v) is 6.20. The summed E-state index contributed by atoms with van der Waals surface area (Å²) in [5.41, 5.74) is 1.56. The van der Waals surface area contributed by atoms with Crippen LogP contribution in [-0.2, 0) is 27.4 Å². The van der Waals surface area contributed by atoms with Gasteiger partial charge >= 0.3 is 6.09 Å². The smallest absolute Gasteiger partial charge is 0.407 e. The number of nitrogens with one attached hydrogen (secondary N) is 2. The van der Waals surface area contributed by atoms with Crippen LogP contribution < -0.4 is 10.6 Å². The Morgan fingerprint density at radius 2 is 1.65 bits per heavy atom. The molecule has 0 bridgehead atoms. The normalized spacial score (nSPS) is 11.0. The van der Waals surface area contributed by atoms with Crippen molar-refractivity contribution >= 4 is 12.0 Å². The lowest BCUT2D eigenvalue weighted by atomic mass is 10.1. The molecular weight excluding hydrogens is 296 g/mol. The van der Waals surface area contributed by atoms with E-state index in [-0.39, 0.29) is 18.9 Å². The molecule has 0 spiro atoms. The molecule has 0 saturated carbocycles. The maximum absolute atomic E-state index is 11.7.